The zero-order valence-electron chi connectivity index (χ0n) is 17.3. The Bertz CT molecular complexity index is 1170. The standard InChI is InChI=1S/C24H22BrN3O2S/c1-3-22-23(29)28(15-17-9-6-8-16-7-4-5-10-20(16)17)24(31-22)27-26-14-18-13-19(25)11-12-21(18)30-2/h4-14,22H,3,15H2,1-2H3/b26-14-,27-24+/t22-/m0/s1. The zero-order chi connectivity index (χ0) is 21.8. The minimum Gasteiger partial charge on any atom is -0.496 e. The monoisotopic (exact) mass is 495 g/mol. The van der Waals surface area contributed by atoms with Gasteiger partial charge in [-0.25, -0.2) is 0 Å². The summed E-state index contributed by atoms with van der Waals surface area (Å²) in [5.41, 5.74) is 1.90. The maximum atomic E-state index is 13.0. The van der Waals surface area contributed by atoms with Crippen LogP contribution in [0.2, 0.25) is 0 Å². The number of thioether (sulfide) groups is 1. The van der Waals surface area contributed by atoms with Crippen molar-refractivity contribution in [3.63, 3.8) is 0 Å². The molecule has 7 heteroatoms. The Hall–Kier alpha value is -2.64. The van der Waals surface area contributed by atoms with Gasteiger partial charge in [-0.05, 0) is 41.0 Å². The summed E-state index contributed by atoms with van der Waals surface area (Å²) in [5, 5.41) is 11.5. The van der Waals surface area contributed by atoms with Crippen molar-refractivity contribution in [3.8, 4) is 5.75 Å². The fourth-order valence-corrected chi connectivity index (χ4v) is 4.94. The van der Waals surface area contributed by atoms with Gasteiger partial charge in [-0.3, -0.25) is 9.69 Å². The van der Waals surface area contributed by atoms with Crippen LogP contribution in [0.1, 0.15) is 24.5 Å². The summed E-state index contributed by atoms with van der Waals surface area (Å²) in [6.45, 7) is 2.49. The van der Waals surface area contributed by atoms with Crippen molar-refractivity contribution < 1.29 is 9.53 Å². The predicted octanol–water partition coefficient (Wildman–Crippen LogP) is 5.86. The van der Waals surface area contributed by atoms with Gasteiger partial charge in [0.1, 0.15) is 5.75 Å². The second kappa shape index (κ2) is 9.66. The molecule has 0 spiro atoms. The van der Waals surface area contributed by atoms with Gasteiger partial charge < -0.3 is 4.74 Å². The van der Waals surface area contributed by atoms with Crippen molar-refractivity contribution in [1.29, 1.82) is 0 Å². The molecule has 4 rings (SSSR count). The number of benzene rings is 3. The molecule has 0 aliphatic carbocycles. The van der Waals surface area contributed by atoms with E-state index in [4.69, 9.17) is 4.74 Å². The van der Waals surface area contributed by atoms with Crippen LogP contribution in [-0.4, -0.2) is 34.5 Å². The van der Waals surface area contributed by atoms with E-state index < -0.39 is 0 Å². The highest BCUT2D eigenvalue weighted by molar-refractivity contribution is 9.10. The van der Waals surface area contributed by atoms with E-state index in [2.05, 4.69) is 50.4 Å². The first-order chi connectivity index (χ1) is 15.1. The number of methoxy groups -OCH3 is 1. The van der Waals surface area contributed by atoms with Gasteiger partial charge in [0.05, 0.1) is 25.1 Å². The van der Waals surface area contributed by atoms with E-state index in [1.807, 2.05) is 43.3 Å². The number of nitrogens with zero attached hydrogens (tertiary/aromatic N) is 3. The Morgan fingerprint density at radius 1 is 1.16 bits per heavy atom. The quantitative estimate of drug-likeness (QED) is 0.318. The number of carbonyl (C=O) groups is 1. The van der Waals surface area contributed by atoms with Gasteiger partial charge in [0.25, 0.3) is 0 Å². The molecule has 0 aromatic heterocycles. The van der Waals surface area contributed by atoms with Crippen LogP contribution in [0, 0.1) is 0 Å². The average Bonchev–Trinajstić information content (AvgIpc) is 3.09. The maximum absolute atomic E-state index is 13.0. The molecular formula is C24H22BrN3O2S. The lowest BCUT2D eigenvalue weighted by molar-refractivity contribution is -0.126. The fraction of sp³-hybridized carbons (Fsp3) is 0.208. The minimum atomic E-state index is -0.135. The summed E-state index contributed by atoms with van der Waals surface area (Å²) in [6, 6.07) is 20.1. The molecule has 0 radical (unpaired) electrons. The average molecular weight is 496 g/mol. The van der Waals surface area contributed by atoms with E-state index in [1.165, 1.54) is 11.8 Å². The van der Waals surface area contributed by atoms with E-state index in [1.54, 1.807) is 18.2 Å². The number of amidine groups is 1. The number of ether oxygens (including phenoxy) is 1. The minimum absolute atomic E-state index is 0.0782. The molecule has 1 aliphatic rings. The molecule has 1 heterocycles. The van der Waals surface area contributed by atoms with Crippen molar-refractivity contribution in [2.45, 2.75) is 25.1 Å². The van der Waals surface area contributed by atoms with Gasteiger partial charge in [-0.1, -0.05) is 77.1 Å². The molecule has 3 aromatic rings. The second-order valence-electron chi connectivity index (χ2n) is 7.09. The summed E-state index contributed by atoms with van der Waals surface area (Å²) in [5.74, 6) is 0.788. The number of amides is 1. The van der Waals surface area contributed by atoms with Crippen molar-refractivity contribution in [2.24, 2.45) is 10.2 Å². The smallest absolute Gasteiger partial charge is 0.242 e. The third-order valence-corrected chi connectivity index (χ3v) is 6.96. The van der Waals surface area contributed by atoms with Gasteiger partial charge >= 0.3 is 0 Å². The van der Waals surface area contributed by atoms with Gasteiger partial charge in [0.2, 0.25) is 5.91 Å². The van der Waals surface area contributed by atoms with Crippen LogP contribution < -0.4 is 4.74 Å². The first kappa shape index (κ1) is 21.6. The lowest BCUT2D eigenvalue weighted by atomic mass is 10.0. The van der Waals surface area contributed by atoms with Crippen molar-refractivity contribution in [3.05, 3.63) is 76.3 Å². The Labute approximate surface area is 194 Å². The third-order valence-electron chi connectivity index (χ3n) is 5.13. The molecule has 1 fully saturated rings. The molecule has 31 heavy (non-hydrogen) atoms. The van der Waals surface area contributed by atoms with E-state index in [0.717, 1.165) is 32.8 Å². The van der Waals surface area contributed by atoms with Crippen molar-refractivity contribution >= 4 is 55.8 Å². The highest BCUT2D eigenvalue weighted by Crippen LogP contribution is 2.32. The Balaban J connectivity index is 1.64. The van der Waals surface area contributed by atoms with Crippen molar-refractivity contribution in [1.82, 2.24) is 4.90 Å². The number of hydrogen-bond donors (Lipinski definition) is 0. The number of halogens is 1. The molecule has 0 N–H and O–H groups in total. The molecule has 3 aromatic carbocycles. The van der Waals surface area contributed by atoms with E-state index in [0.29, 0.717) is 17.5 Å². The summed E-state index contributed by atoms with van der Waals surface area (Å²) in [4.78, 5) is 14.8. The largest absolute Gasteiger partial charge is 0.496 e. The van der Waals surface area contributed by atoms with Crippen LogP contribution in [-0.2, 0) is 11.3 Å². The van der Waals surface area contributed by atoms with Crippen molar-refractivity contribution in [2.75, 3.05) is 7.11 Å². The lowest BCUT2D eigenvalue weighted by Crippen LogP contribution is -2.31. The summed E-state index contributed by atoms with van der Waals surface area (Å²) >= 11 is 4.94. The van der Waals surface area contributed by atoms with Gasteiger partial charge in [0, 0.05) is 10.0 Å². The van der Waals surface area contributed by atoms with Crippen LogP contribution in [0.15, 0.2) is 75.3 Å². The predicted molar refractivity (Wildman–Crippen MR) is 132 cm³/mol. The second-order valence-corrected chi connectivity index (χ2v) is 9.18. The van der Waals surface area contributed by atoms with Crippen LogP contribution in [0.5, 0.6) is 5.75 Å². The van der Waals surface area contributed by atoms with E-state index in [9.17, 15) is 4.79 Å². The molecule has 0 bridgehead atoms. The molecule has 158 valence electrons. The lowest BCUT2D eigenvalue weighted by Gasteiger charge is -2.17. The van der Waals surface area contributed by atoms with Crippen LogP contribution in [0.3, 0.4) is 0 Å². The number of carbonyl (C=O) groups excluding carboxylic acids is 1. The fourth-order valence-electron chi connectivity index (χ4n) is 3.54. The highest BCUT2D eigenvalue weighted by atomic mass is 79.9. The molecule has 5 nitrogen and oxygen atoms in total. The molecule has 1 saturated heterocycles. The number of fused-ring (bicyclic) bond motifs is 1. The van der Waals surface area contributed by atoms with Gasteiger partial charge in [-0.15, -0.1) is 5.10 Å². The zero-order valence-corrected chi connectivity index (χ0v) is 19.7. The first-order valence-corrected chi connectivity index (χ1v) is 11.7. The van der Waals surface area contributed by atoms with Gasteiger partial charge in [0.15, 0.2) is 5.17 Å². The van der Waals surface area contributed by atoms with Crippen LogP contribution >= 0.6 is 27.7 Å². The Morgan fingerprint density at radius 2 is 1.97 bits per heavy atom. The molecule has 1 atom stereocenters. The topological polar surface area (TPSA) is 54.3 Å². The third kappa shape index (κ3) is 4.67. The molecule has 0 unspecified atom stereocenters. The summed E-state index contributed by atoms with van der Waals surface area (Å²) in [7, 11) is 1.62. The summed E-state index contributed by atoms with van der Waals surface area (Å²) in [6.07, 6.45) is 2.40. The van der Waals surface area contributed by atoms with Crippen LogP contribution in [0.25, 0.3) is 10.8 Å². The first-order valence-electron chi connectivity index (χ1n) is 10.00. The van der Waals surface area contributed by atoms with E-state index >= 15 is 0 Å². The molecule has 1 amide bonds. The number of rotatable bonds is 6. The normalized spacial score (nSPS) is 17.9. The summed E-state index contributed by atoms with van der Waals surface area (Å²) < 4.78 is 6.31. The SMILES string of the molecule is CC[C@@H]1S/C(=N/N=C\c2cc(Br)ccc2OC)N(Cc2cccc3ccccc23)C1=O. The van der Waals surface area contributed by atoms with Crippen LogP contribution in [0.4, 0.5) is 0 Å². The van der Waals surface area contributed by atoms with Gasteiger partial charge in [-0.2, -0.15) is 5.10 Å². The maximum Gasteiger partial charge on any atom is 0.242 e. The number of hydrogen-bond acceptors (Lipinski definition) is 5. The molecular weight excluding hydrogens is 474 g/mol. The molecule has 1 aliphatic heterocycles. The molecule has 0 saturated carbocycles. The highest BCUT2D eigenvalue weighted by Gasteiger charge is 2.37. The Morgan fingerprint density at radius 3 is 2.77 bits per heavy atom. The van der Waals surface area contributed by atoms with E-state index in [-0.39, 0.29) is 11.2 Å². The Kier molecular flexibility index (Phi) is 6.73.